The van der Waals surface area contributed by atoms with Gasteiger partial charge in [-0.1, -0.05) is 12.1 Å². The Hall–Kier alpha value is -2.77. The van der Waals surface area contributed by atoms with Crippen LogP contribution in [0.3, 0.4) is 0 Å². The third-order valence-corrected chi connectivity index (χ3v) is 4.51. The first-order valence-electron chi connectivity index (χ1n) is 7.29. The average molecular weight is 334 g/mol. The molecule has 0 spiro atoms. The maximum atomic E-state index is 12.3. The molecule has 0 radical (unpaired) electrons. The molecule has 3 unspecified atom stereocenters. The van der Waals surface area contributed by atoms with Crippen LogP contribution in [-0.2, 0) is 14.3 Å². The van der Waals surface area contributed by atoms with Gasteiger partial charge in [0.25, 0.3) is 5.69 Å². The fourth-order valence-corrected chi connectivity index (χ4v) is 3.12. The van der Waals surface area contributed by atoms with Gasteiger partial charge in [-0.15, -0.1) is 0 Å². The van der Waals surface area contributed by atoms with E-state index in [0.29, 0.717) is 11.3 Å². The zero-order valence-corrected chi connectivity index (χ0v) is 13.6. The van der Waals surface area contributed by atoms with Gasteiger partial charge in [0, 0.05) is 23.8 Å². The number of nitro groups is 1. The number of ether oxygens (including phenoxy) is 1. The van der Waals surface area contributed by atoms with E-state index < -0.39 is 34.1 Å². The number of methoxy groups -OCH3 is 1. The van der Waals surface area contributed by atoms with Gasteiger partial charge in [0.1, 0.15) is 5.92 Å². The summed E-state index contributed by atoms with van der Waals surface area (Å²) in [6.07, 6.45) is 0. The average Bonchev–Trinajstić information content (AvgIpc) is 2.55. The number of nitrogens with zero attached hydrogens (tertiary/aromatic N) is 2. The predicted molar refractivity (Wildman–Crippen MR) is 85.1 cm³/mol. The van der Waals surface area contributed by atoms with Crippen molar-refractivity contribution in [3.05, 3.63) is 39.9 Å². The van der Waals surface area contributed by atoms with Crippen molar-refractivity contribution in [1.29, 1.82) is 0 Å². The van der Waals surface area contributed by atoms with Crippen molar-refractivity contribution in [2.45, 2.75) is 19.8 Å². The first-order chi connectivity index (χ1) is 11.2. The lowest BCUT2D eigenvalue weighted by atomic mass is 9.64. The molecule has 128 valence electrons. The molecule has 1 aliphatic heterocycles. The van der Waals surface area contributed by atoms with Gasteiger partial charge in [0.2, 0.25) is 0 Å². The molecule has 0 saturated heterocycles. The Labute approximate surface area is 138 Å². The van der Waals surface area contributed by atoms with Gasteiger partial charge in [0.05, 0.1) is 24.0 Å². The van der Waals surface area contributed by atoms with Crippen molar-refractivity contribution in [2.24, 2.45) is 16.3 Å². The smallest absolute Gasteiger partial charge is 0.315 e. The number of aliphatic imine (C=N–C) groups is 1. The minimum absolute atomic E-state index is 0.0188. The summed E-state index contributed by atoms with van der Waals surface area (Å²) in [5.74, 6) is -3.46. The highest BCUT2D eigenvalue weighted by atomic mass is 16.6. The topological polar surface area (TPSA) is 119 Å². The molecule has 0 saturated carbocycles. The van der Waals surface area contributed by atoms with Gasteiger partial charge in [-0.3, -0.25) is 24.7 Å². The van der Waals surface area contributed by atoms with Crippen LogP contribution in [0.4, 0.5) is 5.69 Å². The maximum Gasteiger partial charge on any atom is 0.315 e. The molecule has 2 rings (SSSR count). The van der Waals surface area contributed by atoms with E-state index in [-0.39, 0.29) is 12.2 Å². The van der Waals surface area contributed by atoms with E-state index in [0.717, 1.165) is 0 Å². The number of carboxylic acids is 1. The summed E-state index contributed by atoms with van der Waals surface area (Å²) in [5.41, 5.74) is -0.687. The normalized spacial score (nSPS) is 26.4. The molecular formula is C16H18N2O6. The van der Waals surface area contributed by atoms with Crippen LogP contribution in [0.1, 0.15) is 25.3 Å². The van der Waals surface area contributed by atoms with Gasteiger partial charge in [-0.25, -0.2) is 0 Å². The van der Waals surface area contributed by atoms with Crippen molar-refractivity contribution in [2.75, 3.05) is 13.7 Å². The number of carboxylic acid groups (broad SMARTS) is 1. The van der Waals surface area contributed by atoms with Crippen molar-refractivity contribution in [3.8, 4) is 0 Å². The Morgan fingerprint density at radius 1 is 1.46 bits per heavy atom. The fraction of sp³-hybridized carbons (Fsp3) is 0.438. The molecule has 3 atom stereocenters. The first kappa shape index (κ1) is 17.6. The van der Waals surface area contributed by atoms with E-state index in [9.17, 15) is 24.8 Å². The van der Waals surface area contributed by atoms with Crippen LogP contribution >= 0.6 is 0 Å². The molecule has 0 amide bonds. The molecular weight excluding hydrogens is 316 g/mol. The number of rotatable bonds is 4. The Bertz CT molecular complexity index is 729. The quantitative estimate of drug-likeness (QED) is 0.511. The van der Waals surface area contributed by atoms with E-state index in [1.54, 1.807) is 13.0 Å². The molecule has 1 N–H and O–H groups in total. The van der Waals surface area contributed by atoms with Gasteiger partial charge < -0.3 is 9.84 Å². The van der Waals surface area contributed by atoms with Crippen LogP contribution in [0, 0.1) is 21.4 Å². The largest absolute Gasteiger partial charge is 0.481 e. The van der Waals surface area contributed by atoms with E-state index in [1.807, 2.05) is 0 Å². The minimum Gasteiger partial charge on any atom is -0.481 e. The van der Waals surface area contributed by atoms with Crippen molar-refractivity contribution in [1.82, 2.24) is 0 Å². The number of carbonyl (C=O) groups is 2. The number of nitro benzene ring substituents is 1. The van der Waals surface area contributed by atoms with E-state index in [2.05, 4.69) is 4.99 Å². The summed E-state index contributed by atoms with van der Waals surface area (Å²) in [7, 11) is 1.22. The van der Waals surface area contributed by atoms with Gasteiger partial charge in [-0.05, 0) is 19.4 Å². The lowest BCUT2D eigenvalue weighted by Gasteiger charge is -2.40. The number of non-ortho nitro benzene ring substituents is 1. The lowest BCUT2D eigenvalue weighted by molar-refractivity contribution is -0.385. The molecule has 1 aliphatic rings. The second-order valence-electron chi connectivity index (χ2n) is 6.01. The molecule has 0 fully saturated rings. The molecule has 8 heteroatoms. The summed E-state index contributed by atoms with van der Waals surface area (Å²) < 4.78 is 4.82. The Kier molecular flexibility index (Phi) is 4.68. The number of hydrogen-bond donors (Lipinski definition) is 1. The van der Waals surface area contributed by atoms with Crippen LogP contribution in [-0.4, -0.2) is 41.3 Å². The zero-order chi connectivity index (χ0) is 18.1. The monoisotopic (exact) mass is 334 g/mol. The molecule has 1 heterocycles. The summed E-state index contributed by atoms with van der Waals surface area (Å²) in [6.45, 7) is 3.10. The highest BCUT2D eigenvalue weighted by Gasteiger charge is 2.52. The summed E-state index contributed by atoms with van der Waals surface area (Å²) >= 11 is 0. The van der Waals surface area contributed by atoms with Crippen molar-refractivity contribution in [3.63, 3.8) is 0 Å². The third kappa shape index (κ3) is 2.86. The van der Waals surface area contributed by atoms with Gasteiger partial charge in [-0.2, -0.15) is 0 Å². The SMILES string of the molecule is COC(=O)C1C(C)=NCC(C)(C(=O)O)C1c1cccc([N+](=O)[O-])c1. The van der Waals surface area contributed by atoms with Crippen molar-refractivity contribution < 1.29 is 24.4 Å². The van der Waals surface area contributed by atoms with Crippen LogP contribution in [0.15, 0.2) is 29.3 Å². The Morgan fingerprint density at radius 2 is 2.12 bits per heavy atom. The Morgan fingerprint density at radius 3 is 2.67 bits per heavy atom. The first-order valence-corrected chi connectivity index (χ1v) is 7.29. The van der Waals surface area contributed by atoms with Crippen LogP contribution in [0.2, 0.25) is 0 Å². The maximum absolute atomic E-state index is 12.3. The fourth-order valence-electron chi connectivity index (χ4n) is 3.12. The second kappa shape index (κ2) is 6.38. The predicted octanol–water partition coefficient (Wildman–Crippen LogP) is 2.03. The van der Waals surface area contributed by atoms with Gasteiger partial charge >= 0.3 is 11.9 Å². The molecule has 24 heavy (non-hydrogen) atoms. The van der Waals surface area contributed by atoms with Crippen LogP contribution in [0.5, 0.6) is 0 Å². The van der Waals surface area contributed by atoms with Crippen LogP contribution < -0.4 is 0 Å². The van der Waals surface area contributed by atoms with E-state index in [4.69, 9.17) is 4.74 Å². The molecule has 1 aromatic rings. The Balaban J connectivity index is 2.67. The number of benzene rings is 1. The highest BCUT2D eigenvalue weighted by Crippen LogP contribution is 2.46. The summed E-state index contributed by atoms with van der Waals surface area (Å²) in [4.78, 5) is 38.8. The van der Waals surface area contributed by atoms with E-state index >= 15 is 0 Å². The summed E-state index contributed by atoms with van der Waals surface area (Å²) in [5, 5.41) is 20.8. The number of hydrogen-bond acceptors (Lipinski definition) is 6. The second-order valence-corrected chi connectivity index (χ2v) is 6.01. The van der Waals surface area contributed by atoms with Crippen molar-refractivity contribution >= 4 is 23.3 Å². The number of esters is 1. The number of carbonyl (C=O) groups excluding carboxylic acids is 1. The molecule has 8 nitrogen and oxygen atoms in total. The highest BCUT2D eigenvalue weighted by molar-refractivity contribution is 6.03. The molecule has 0 bridgehead atoms. The molecule has 0 aliphatic carbocycles. The number of aliphatic carboxylic acids is 1. The van der Waals surface area contributed by atoms with E-state index in [1.165, 1.54) is 32.2 Å². The molecule has 0 aromatic heterocycles. The molecule has 1 aromatic carbocycles. The summed E-state index contributed by atoms with van der Waals surface area (Å²) in [6, 6.07) is 5.69. The minimum atomic E-state index is -1.38. The lowest BCUT2D eigenvalue weighted by Crippen LogP contribution is -2.48. The van der Waals surface area contributed by atoms with Crippen LogP contribution in [0.25, 0.3) is 0 Å². The standard InChI is InChI=1S/C16H18N2O6/c1-9-12(14(19)24-3)13(16(2,8-17-9)15(20)21)10-5-4-6-11(7-10)18(22)23/h4-7,12-13H,8H2,1-3H3,(H,20,21). The van der Waals surface area contributed by atoms with Gasteiger partial charge in [0.15, 0.2) is 0 Å². The third-order valence-electron chi connectivity index (χ3n) is 4.51. The zero-order valence-electron chi connectivity index (χ0n) is 13.6.